The molecule has 4 rings (SSSR count). The van der Waals surface area contributed by atoms with Crippen LogP contribution in [0.4, 0.5) is 0 Å². The van der Waals surface area contributed by atoms with Crippen LogP contribution in [0.25, 0.3) is 22.0 Å². The van der Waals surface area contributed by atoms with Gasteiger partial charge in [0.05, 0.1) is 17.5 Å². The van der Waals surface area contributed by atoms with Crippen molar-refractivity contribution in [3.05, 3.63) is 96.2 Å². The topological polar surface area (TPSA) is 59.3 Å². The molecule has 1 N–H and O–H groups in total. The van der Waals surface area contributed by atoms with Crippen LogP contribution >= 0.6 is 0 Å². The van der Waals surface area contributed by atoms with Crippen LogP contribution in [0, 0.1) is 0 Å². The molecule has 0 spiro atoms. The maximum Gasteiger partial charge on any atom is 0.236 e. The quantitative estimate of drug-likeness (QED) is 0.580. The molecule has 0 radical (unpaired) electrons. The fourth-order valence-electron chi connectivity index (χ4n) is 3.54. The Bertz CT molecular complexity index is 1200. The first kappa shape index (κ1) is 17.5. The first-order chi connectivity index (χ1) is 13.0. The molecule has 4 nitrogen and oxygen atoms in total. The van der Waals surface area contributed by atoms with E-state index >= 15 is 0 Å². The number of aliphatic hydroxyl groups is 1. The van der Waals surface area contributed by atoms with E-state index in [0.717, 1.165) is 22.8 Å². The lowest BCUT2D eigenvalue weighted by atomic mass is 9.97. The zero-order valence-corrected chi connectivity index (χ0v) is 15.6. The monoisotopic (exact) mass is 377 g/mol. The largest absolute Gasteiger partial charge is 0.382 e. The second kappa shape index (κ2) is 6.68. The summed E-state index contributed by atoms with van der Waals surface area (Å²) in [6, 6.07) is 26.0. The average molecular weight is 377 g/mol. The molecule has 0 fully saturated rings. The van der Waals surface area contributed by atoms with Gasteiger partial charge in [-0.15, -0.1) is 0 Å². The Kier molecular flexibility index (Phi) is 4.34. The van der Waals surface area contributed by atoms with Gasteiger partial charge in [0.2, 0.25) is 10.0 Å². The Hall–Kier alpha value is -2.89. The summed E-state index contributed by atoms with van der Waals surface area (Å²) in [4.78, 5) is 0. The molecule has 1 aromatic heterocycles. The van der Waals surface area contributed by atoms with Crippen LogP contribution in [0.1, 0.15) is 17.4 Å². The van der Waals surface area contributed by atoms with Crippen LogP contribution < -0.4 is 0 Å². The number of aromatic nitrogens is 1. The molecule has 0 amide bonds. The number of hydrogen-bond acceptors (Lipinski definition) is 3. The summed E-state index contributed by atoms with van der Waals surface area (Å²) in [6.07, 6.45) is 0.0821. The minimum Gasteiger partial charge on any atom is -0.382 e. The summed E-state index contributed by atoms with van der Waals surface area (Å²) < 4.78 is 26.7. The third-order valence-corrected chi connectivity index (χ3v) is 5.69. The van der Waals surface area contributed by atoms with E-state index in [1.165, 1.54) is 3.97 Å². The highest BCUT2D eigenvalue weighted by molar-refractivity contribution is 7.89. The zero-order valence-electron chi connectivity index (χ0n) is 14.8. The number of aliphatic hydroxyl groups excluding tert-OH is 1. The summed E-state index contributed by atoms with van der Waals surface area (Å²) in [5.41, 5.74) is 3.15. The van der Waals surface area contributed by atoms with Gasteiger partial charge in [0, 0.05) is 10.9 Å². The molecule has 4 aromatic rings. The Morgan fingerprint density at radius 2 is 1.37 bits per heavy atom. The Labute approximate surface area is 158 Å². The second-order valence-corrected chi connectivity index (χ2v) is 8.32. The summed E-state index contributed by atoms with van der Waals surface area (Å²) in [7, 11) is -3.64. The standard InChI is InChI=1S/C22H19NO3S/c1-27(25,26)23-19-15-9-8-14-18(19)20(16-10-4-2-5-11-16)21(23)22(24)17-12-6-3-7-13-17/h2-15,22,24H,1H3/t22-/m0/s1. The van der Waals surface area contributed by atoms with Gasteiger partial charge in [0.25, 0.3) is 0 Å². The van der Waals surface area contributed by atoms with Crippen molar-refractivity contribution in [2.75, 3.05) is 6.26 Å². The van der Waals surface area contributed by atoms with E-state index < -0.39 is 16.1 Å². The van der Waals surface area contributed by atoms with E-state index in [4.69, 9.17) is 0 Å². The number of hydrogen-bond donors (Lipinski definition) is 1. The molecule has 27 heavy (non-hydrogen) atoms. The van der Waals surface area contributed by atoms with Gasteiger partial charge < -0.3 is 5.11 Å². The van der Waals surface area contributed by atoms with Crippen molar-refractivity contribution in [1.82, 2.24) is 3.97 Å². The van der Waals surface area contributed by atoms with Gasteiger partial charge in [0.1, 0.15) is 6.10 Å². The number of nitrogens with zero attached hydrogens (tertiary/aromatic N) is 1. The average Bonchev–Trinajstić information content (AvgIpc) is 3.04. The van der Waals surface area contributed by atoms with Crippen molar-refractivity contribution in [1.29, 1.82) is 0 Å². The van der Waals surface area contributed by atoms with Gasteiger partial charge in [0.15, 0.2) is 0 Å². The molecule has 1 heterocycles. The number of fused-ring (bicyclic) bond motifs is 1. The van der Waals surface area contributed by atoms with Crippen molar-refractivity contribution in [3.8, 4) is 11.1 Å². The highest BCUT2D eigenvalue weighted by Crippen LogP contribution is 2.40. The van der Waals surface area contributed by atoms with Crippen LogP contribution in [0.5, 0.6) is 0 Å². The van der Waals surface area contributed by atoms with E-state index in [1.807, 2.05) is 60.7 Å². The van der Waals surface area contributed by atoms with Gasteiger partial charge >= 0.3 is 0 Å². The predicted molar refractivity (Wildman–Crippen MR) is 108 cm³/mol. The van der Waals surface area contributed by atoms with Gasteiger partial charge in [-0.2, -0.15) is 0 Å². The van der Waals surface area contributed by atoms with E-state index in [0.29, 0.717) is 16.8 Å². The zero-order chi connectivity index (χ0) is 19.0. The summed E-state index contributed by atoms with van der Waals surface area (Å²) in [5.74, 6) is 0. The molecule has 5 heteroatoms. The van der Waals surface area contributed by atoms with Crippen molar-refractivity contribution in [3.63, 3.8) is 0 Å². The lowest BCUT2D eigenvalue weighted by molar-refractivity contribution is 0.215. The Balaban J connectivity index is 2.15. The molecule has 0 aliphatic heterocycles. The molecule has 3 aromatic carbocycles. The van der Waals surface area contributed by atoms with Crippen LogP contribution in [0.3, 0.4) is 0 Å². The minimum atomic E-state index is -3.64. The molecule has 0 unspecified atom stereocenters. The first-order valence-corrected chi connectivity index (χ1v) is 10.5. The van der Waals surface area contributed by atoms with E-state index in [9.17, 15) is 13.5 Å². The Morgan fingerprint density at radius 1 is 0.815 bits per heavy atom. The van der Waals surface area contributed by atoms with Gasteiger partial charge in [-0.1, -0.05) is 78.9 Å². The Morgan fingerprint density at radius 3 is 2.00 bits per heavy atom. The highest BCUT2D eigenvalue weighted by Gasteiger charge is 2.28. The highest BCUT2D eigenvalue weighted by atomic mass is 32.2. The van der Waals surface area contributed by atoms with Crippen LogP contribution in [0.15, 0.2) is 84.9 Å². The second-order valence-electron chi connectivity index (χ2n) is 6.48. The molecule has 1 atom stereocenters. The van der Waals surface area contributed by atoms with Crippen LogP contribution in [-0.4, -0.2) is 23.8 Å². The fraction of sp³-hybridized carbons (Fsp3) is 0.0909. The molecule has 0 aliphatic carbocycles. The van der Waals surface area contributed by atoms with Crippen molar-refractivity contribution < 1.29 is 13.5 Å². The van der Waals surface area contributed by atoms with E-state index in [-0.39, 0.29) is 0 Å². The predicted octanol–water partition coefficient (Wildman–Crippen LogP) is 4.20. The number of benzene rings is 3. The van der Waals surface area contributed by atoms with Gasteiger partial charge in [-0.3, -0.25) is 0 Å². The molecule has 0 saturated heterocycles. The maximum atomic E-state index is 12.7. The lowest BCUT2D eigenvalue weighted by Crippen LogP contribution is -2.17. The van der Waals surface area contributed by atoms with Crippen molar-refractivity contribution >= 4 is 20.9 Å². The third kappa shape index (κ3) is 3.05. The van der Waals surface area contributed by atoms with Crippen molar-refractivity contribution in [2.24, 2.45) is 0 Å². The normalized spacial score (nSPS) is 13.0. The van der Waals surface area contributed by atoms with Crippen LogP contribution in [-0.2, 0) is 10.0 Å². The lowest BCUT2D eigenvalue weighted by Gasteiger charge is -2.17. The summed E-state index contributed by atoms with van der Waals surface area (Å²) in [5, 5.41) is 12.0. The number of rotatable bonds is 4. The SMILES string of the molecule is CS(=O)(=O)n1c([C@@H](O)c2ccccc2)c(-c2ccccc2)c2ccccc21. The molecular weight excluding hydrogens is 358 g/mol. The fourth-order valence-corrected chi connectivity index (χ4v) is 4.60. The molecule has 0 aliphatic rings. The van der Waals surface area contributed by atoms with E-state index in [1.54, 1.807) is 24.3 Å². The number of para-hydroxylation sites is 1. The van der Waals surface area contributed by atoms with E-state index in [2.05, 4.69) is 0 Å². The maximum absolute atomic E-state index is 12.7. The van der Waals surface area contributed by atoms with Gasteiger partial charge in [-0.25, -0.2) is 12.4 Å². The molecular formula is C22H19NO3S. The molecule has 136 valence electrons. The minimum absolute atomic E-state index is 0.357. The summed E-state index contributed by atoms with van der Waals surface area (Å²) in [6.45, 7) is 0. The summed E-state index contributed by atoms with van der Waals surface area (Å²) >= 11 is 0. The van der Waals surface area contributed by atoms with Gasteiger partial charge in [-0.05, 0) is 17.2 Å². The smallest absolute Gasteiger partial charge is 0.236 e. The molecule has 0 bridgehead atoms. The van der Waals surface area contributed by atoms with Crippen molar-refractivity contribution in [2.45, 2.75) is 6.10 Å². The third-order valence-electron chi connectivity index (χ3n) is 4.64. The molecule has 0 saturated carbocycles. The first-order valence-electron chi connectivity index (χ1n) is 8.61. The van der Waals surface area contributed by atoms with Crippen LogP contribution in [0.2, 0.25) is 0 Å².